The molecule has 1 amide bonds. The summed E-state index contributed by atoms with van der Waals surface area (Å²) >= 11 is 6.67. The molecule has 0 aliphatic heterocycles. The molecule has 0 unspecified atom stereocenters. The Morgan fingerprint density at radius 2 is 2.00 bits per heavy atom. The molecular weight excluding hydrogens is 468 g/mol. The number of hydrogen-bond donors (Lipinski definition) is 1. The van der Waals surface area contributed by atoms with Crippen LogP contribution in [0.25, 0.3) is 10.6 Å². The van der Waals surface area contributed by atoms with Crippen molar-refractivity contribution in [2.24, 2.45) is 0 Å². The second-order valence-corrected chi connectivity index (χ2v) is 9.80. The van der Waals surface area contributed by atoms with Crippen LogP contribution in [-0.2, 0) is 10.5 Å². The summed E-state index contributed by atoms with van der Waals surface area (Å²) in [5.74, 6) is 1.48. The molecule has 0 saturated carbocycles. The molecule has 3 aromatic rings. The lowest BCUT2D eigenvalue weighted by Crippen LogP contribution is -2.23. The molecule has 1 heterocycles. The number of hydrogen-bond acceptors (Lipinski definition) is 5. The Hall–Kier alpha value is -1.83. The number of aryl methyl sites for hydroxylation is 2. The lowest BCUT2D eigenvalue weighted by molar-refractivity contribution is -0.115. The lowest BCUT2D eigenvalue weighted by atomic mass is 10.1. The van der Waals surface area contributed by atoms with Gasteiger partial charge in [-0.05, 0) is 50.1 Å². The van der Waals surface area contributed by atoms with Crippen molar-refractivity contribution in [3.8, 4) is 16.3 Å². The smallest absolute Gasteiger partial charge is 0.237 e. The summed E-state index contributed by atoms with van der Waals surface area (Å²) in [6.07, 6.45) is 0. The number of aromatic nitrogens is 1. The zero-order chi connectivity index (χ0) is 21.0. The summed E-state index contributed by atoms with van der Waals surface area (Å²) < 4.78 is 6.44. The van der Waals surface area contributed by atoms with E-state index < -0.39 is 0 Å². The van der Waals surface area contributed by atoms with Gasteiger partial charge >= 0.3 is 0 Å². The fourth-order valence-electron chi connectivity index (χ4n) is 2.87. The number of amides is 1. The highest BCUT2D eigenvalue weighted by molar-refractivity contribution is 9.10. The van der Waals surface area contributed by atoms with E-state index in [1.165, 1.54) is 0 Å². The Bertz CT molecular complexity index is 1000. The van der Waals surface area contributed by atoms with Crippen molar-refractivity contribution in [2.75, 3.05) is 12.4 Å². The SMILES string of the molecule is COc1ccc(Br)cc1-c1nc(CS[C@H](C)C(=O)Nc2c(C)cccc2C)cs1. The number of nitrogens with one attached hydrogen (secondary N) is 1. The quantitative estimate of drug-likeness (QED) is 0.412. The van der Waals surface area contributed by atoms with E-state index in [-0.39, 0.29) is 11.2 Å². The van der Waals surface area contributed by atoms with Crippen LogP contribution in [0.4, 0.5) is 5.69 Å². The van der Waals surface area contributed by atoms with Gasteiger partial charge in [0.15, 0.2) is 0 Å². The minimum Gasteiger partial charge on any atom is -0.496 e. The normalized spacial score (nSPS) is 11.9. The Morgan fingerprint density at radius 3 is 2.69 bits per heavy atom. The van der Waals surface area contributed by atoms with E-state index in [9.17, 15) is 4.79 Å². The molecule has 3 rings (SSSR count). The van der Waals surface area contributed by atoms with Crippen molar-refractivity contribution in [1.82, 2.24) is 4.98 Å². The molecule has 152 valence electrons. The molecule has 1 atom stereocenters. The minimum atomic E-state index is -0.181. The molecule has 4 nitrogen and oxygen atoms in total. The number of carbonyl (C=O) groups is 1. The van der Waals surface area contributed by atoms with E-state index in [4.69, 9.17) is 9.72 Å². The van der Waals surface area contributed by atoms with Gasteiger partial charge in [0.2, 0.25) is 5.91 Å². The van der Waals surface area contributed by atoms with Gasteiger partial charge in [0, 0.05) is 21.3 Å². The third kappa shape index (κ3) is 5.41. The highest BCUT2D eigenvalue weighted by atomic mass is 79.9. The summed E-state index contributed by atoms with van der Waals surface area (Å²) in [5.41, 5.74) is 4.97. The number of nitrogens with zero attached hydrogens (tertiary/aromatic N) is 1. The van der Waals surface area contributed by atoms with Gasteiger partial charge in [0.05, 0.1) is 23.6 Å². The molecule has 1 aromatic heterocycles. The van der Waals surface area contributed by atoms with Gasteiger partial charge in [-0.3, -0.25) is 4.79 Å². The van der Waals surface area contributed by atoms with Crippen molar-refractivity contribution in [3.63, 3.8) is 0 Å². The van der Waals surface area contributed by atoms with Crippen LogP contribution in [0.15, 0.2) is 46.3 Å². The topological polar surface area (TPSA) is 51.2 Å². The van der Waals surface area contributed by atoms with Crippen LogP contribution in [0.5, 0.6) is 5.75 Å². The van der Waals surface area contributed by atoms with E-state index >= 15 is 0 Å². The Balaban J connectivity index is 1.64. The molecule has 0 aliphatic carbocycles. The van der Waals surface area contributed by atoms with E-state index in [2.05, 4.69) is 21.2 Å². The highest BCUT2D eigenvalue weighted by Crippen LogP contribution is 2.35. The maximum atomic E-state index is 12.6. The third-order valence-corrected chi connectivity index (χ3v) is 7.12. The first-order valence-electron chi connectivity index (χ1n) is 9.16. The first kappa shape index (κ1) is 21.9. The van der Waals surface area contributed by atoms with Crippen molar-refractivity contribution < 1.29 is 9.53 Å². The first-order valence-corrected chi connectivity index (χ1v) is 11.9. The number of thiazole rings is 1. The molecule has 7 heteroatoms. The lowest BCUT2D eigenvalue weighted by Gasteiger charge is -2.15. The van der Waals surface area contributed by atoms with Gasteiger partial charge in [-0.25, -0.2) is 4.98 Å². The number of rotatable bonds is 7. The predicted octanol–water partition coefficient (Wildman–Crippen LogP) is 6.46. The van der Waals surface area contributed by atoms with Crippen LogP contribution >= 0.6 is 39.0 Å². The van der Waals surface area contributed by atoms with Crippen molar-refractivity contribution in [3.05, 3.63) is 63.1 Å². The first-order chi connectivity index (χ1) is 13.9. The standard InChI is InChI=1S/C22H23BrN2O2S2/c1-13-6-5-7-14(2)20(13)25-21(26)15(3)28-11-17-12-29-22(24-17)18-10-16(23)8-9-19(18)27-4/h5-10,12,15H,11H2,1-4H3,(H,25,26)/t15-/m1/s1. The third-order valence-electron chi connectivity index (χ3n) is 4.52. The van der Waals surface area contributed by atoms with Crippen LogP contribution < -0.4 is 10.1 Å². The minimum absolute atomic E-state index is 0.0107. The summed E-state index contributed by atoms with van der Waals surface area (Å²) in [6, 6.07) is 11.9. The summed E-state index contributed by atoms with van der Waals surface area (Å²) in [6.45, 7) is 5.94. The molecule has 29 heavy (non-hydrogen) atoms. The second kappa shape index (κ2) is 9.78. The number of benzene rings is 2. The average molecular weight is 491 g/mol. The zero-order valence-electron chi connectivity index (χ0n) is 16.8. The van der Waals surface area contributed by atoms with Crippen LogP contribution in [0.1, 0.15) is 23.7 Å². The molecule has 0 saturated heterocycles. The molecule has 2 aromatic carbocycles. The number of methoxy groups -OCH3 is 1. The number of para-hydroxylation sites is 1. The maximum Gasteiger partial charge on any atom is 0.237 e. The van der Waals surface area contributed by atoms with Crippen molar-refractivity contribution in [1.29, 1.82) is 0 Å². The van der Waals surface area contributed by atoms with Crippen molar-refractivity contribution in [2.45, 2.75) is 31.8 Å². The fraction of sp³-hybridized carbons (Fsp3) is 0.273. The summed E-state index contributed by atoms with van der Waals surface area (Å²) in [4.78, 5) is 17.4. The predicted molar refractivity (Wildman–Crippen MR) is 127 cm³/mol. The van der Waals surface area contributed by atoms with Gasteiger partial charge in [-0.15, -0.1) is 23.1 Å². The Kier molecular flexibility index (Phi) is 7.38. The van der Waals surface area contributed by atoms with Gasteiger partial charge in [-0.1, -0.05) is 34.1 Å². The molecular formula is C22H23BrN2O2S2. The Morgan fingerprint density at radius 1 is 1.28 bits per heavy atom. The molecule has 0 fully saturated rings. The van der Waals surface area contributed by atoms with E-state index in [1.807, 2.05) is 62.5 Å². The maximum absolute atomic E-state index is 12.6. The van der Waals surface area contributed by atoms with Crippen molar-refractivity contribution >= 4 is 50.6 Å². The average Bonchev–Trinajstić information content (AvgIpc) is 3.17. The Labute approximate surface area is 188 Å². The summed E-state index contributed by atoms with van der Waals surface area (Å²) in [7, 11) is 1.66. The molecule has 0 spiro atoms. The van der Waals surface area contributed by atoms with Crippen LogP contribution in [0.3, 0.4) is 0 Å². The van der Waals surface area contributed by atoms with Gasteiger partial charge in [-0.2, -0.15) is 0 Å². The number of anilines is 1. The van der Waals surface area contributed by atoms with E-state index in [0.29, 0.717) is 5.75 Å². The summed E-state index contributed by atoms with van der Waals surface area (Å²) in [5, 5.41) is 5.84. The van der Waals surface area contributed by atoms with Crippen LogP contribution in [0, 0.1) is 13.8 Å². The van der Waals surface area contributed by atoms with E-state index in [0.717, 1.165) is 43.3 Å². The number of carbonyl (C=O) groups excluding carboxylic acids is 1. The van der Waals surface area contributed by atoms with Gasteiger partial charge in [0.25, 0.3) is 0 Å². The van der Waals surface area contributed by atoms with Crippen LogP contribution in [0.2, 0.25) is 0 Å². The van der Waals surface area contributed by atoms with Gasteiger partial charge in [0.1, 0.15) is 10.8 Å². The molecule has 0 bridgehead atoms. The largest absolute Gasteiger partial charge is 0.496 e. The number of thioether (sulfide) groups is 1. The fourth-order valence-corrected chi connectivity index (χ4v) is 4.95. The second-order valence-electron chi connectivity index (χ2n) is 6.70. The molecule has 0 radical (unpaired) electrons. The van der Waals surface area contributed by atoms with E-state index in [1.54, 1.807) is 30.2 Å². The highest BCUT2D eigenvalue weighted by Gasteiger charge is 2.17. The monoisotopic (exact) mass is 490 g/mol. The number of halogens is 1. The zero-order valence-corrected chi connectivity index (χ0v) is 20.0. The van der Waals surface area contributed by atoms with Crippen LogP contribution in [-0.4, -0.2) is 23.3 Å². The molecule has 0 aliphatic rings. The number of ether oxygens (including phenoxy) is 1. The van der Waals surface area contributed by atoms with Gasteiger partial charge < -0.3 is 10.1 Å². The molecule has 1 N–H and O–H groups in total.